The van der Waals surface area contributed by atoms with Gasteiger partial charge in [0.05, 0.1) is 0 Å². The van der Waals surface area contributed by atoms with Crippen LogP contribution in [0, 0.1) is 5.92 Å². The second-order valence-electron chi connectivity index (χ2n) is 3.71. The highest BCUT2D eigenvalue weighted by Gasteiger charge is 2.17. The summed E-state index contributed by atoms with van der Waals surface area (Å²) in [5.74, 6) is 1.10. The molecule has 2 heteroatoms. The Labute approximate surface area is 74.7 Å². The van der Waals surface area contributed by atoms with Crippen molar-refractivity contribution in [3.63, 3.8) is 0 Å². The van der Waals surface area contributed by atoms with Gasteiger partial charge < -0.3 is 5.32 Å². The lowest BCUT2D eigenvalue weighted by atomic mass is 9.99. The lowest BCUT2D eigenvalue weighted by Crippen LogP contribution is -2.12. The standard InChI is InChI=1S/C10H19NO/c1-2-3-4-10(12)7-9-5-6-11-8-9/h9,11H,2-8H2,1H3. The molecule has 1 aliphatic heterocycles. The zero-order valence-electron chi connectivity index (χ0n) is 7.94. The van der Waals surface area contributed by atoms with Crippen LogP contribution in [0.3, 0.4) is 0 Å². The van der Waals surface area contributed by atoms with Gasteiger partial charge in [-0.2, -0.15) is 0 Å². The first-order valence-corrected chi connectivity index (χ1v) is 5.05. The van der Waals surface area contributed by atoms with Crippen LogP contribution in [0.5, 0.6) is 0 Å². The minimum Gasteiger partial charge on any atom is -0.316 e. The van der Waals surface area contributed by atoms with E-state index in [-0.39, 0.29) is 0 Å². The Hall–Kier alpha value is -0.370. The molecule has 0 aromatic rings. The third kappa shape index (κ3) is 3.35. The van der Waals surface area contributed by atoms with Gasteiger partial charge in [0.2, 0.25) is 0 Å². The van der Waals surface area contributed by atoms with Gasteiger partial charge in [-0.05, 0) is 31.8 Å². The van der Waals surface area contributed by atoms with Gasteiger partial charge in [-0.1, -0.05) is 13.3 Å². The Kier molecular flexibility index (Phi) is 4.30. The predicted molar refractivity (Wildman–Crippen MR) is 50.1 cm³/mol. The second-order valence-corrected chi connectivity index (χ2v) is 3.71. The summed E-state index contributed by atoms with van der Waals surface area (Å²) >= 11 is 0. The lowest BCUT2D eigenvalue weighted by molar-refractivity contribution is -0.119. The number of rotatable bonds is 5. The van der Waals surface area contributed by atoms with Crippen molar-refractivity contribution in [3.8, 4) is 0 Å². The van der Waals surface area contributed by atoms with E-state index in [1.54, 1.807) is 0 Å². The summed E-state index contributed by atoms with van der Waals surface area (Å²) in [5.41, 5.74) is 0. The molecule has 0 bridgehead atoms. The summed E-state index contributed by atoms with van der Waals surface area (Å²) in [6.45, 7) is 4.29. The van der Waals surface area contributed by atoms with Crippen LogP contribution in [-0.4, -0.2) is 18.9 Å². The third-order valence-electron chi connectivity index (χ3n) is 2.49. The molecule has 1 unspecified atom stereocenters. The fourth-order valence-corrected chi connectivity index (χ4v) is 1.69. The van der Waals surface area contributed by atoms with E-state index in [1.165, 1.54) is 6.42 Å². The van der Waals surface area contributed by atoms with Gasteiger partial charge in [0.25, 0.3) is 0 Å². The van der Waals surface area contributed by atoms with E-state index in [1.807, 2.05) is 0 Å². The Balaban J connectivity index is 2.08. The van der Waals surface area contributed by atoms with Crippen LogP contribution in [0.2, 0.25) is 0 Å². The SMILES string of the molecule is CCCCC(=O)CC1CCNC1. The molecule has 0 aromatic carbocycles. The van der Waals surface area contributed by atoms with Gasteiger partial charge in [0, 0.05) is 12.8 Å². The van der Waals surface area contributed by atoms with Gasteiger partial charge >= 0.3 is 0 Å². The minimum atomic E-state index is 0.463. The molecular formula is C10H19NO. The van der Waals surface area contributed by atoms with Crippen molar-refractivity contribution >= 4 is 5.78 Å². The molecule has 0 spiro atoms. The van der Waals surface area contributed by atoms with Crippen LogP contribution in [0.1, 0.15) is 39.0 Å². The molecule has 0 aliphatic carbocycles. The average molecular weight is 169 g/mol. The highest BCUT2D eigenvalue weighted by molar-refractivity contribution is 5.78. The van der Waals surface area contributed by atoms with E-state index in [9.17, 15) is 4.79 Å². The normalized spacial score (nSPS) is 22.9. The van der Waals surface area contributed by atoms with Crippen LogP contribution < -0.4 is 5.32 Å². The Morgan fingerprint density at radius 1 is 1.58 bits per heavy atom. The molecule has 1 rings (SSSR count). The van der Waals surface area contributed by atoms with Crippen molar-refractivity contribution in [2.75, 3.05) is 13.1 Å². The molecule has 2 nitrogen and oxygen atoms in total. The average Bonchev–Trinajstić information content (AvgIpc) is 2.53. The first kappa shape index (κ1) is 9.72. The summed E-state index contributed by atoms with van der Waals surface area (Å²) in [6.07, 6.45) is 5.01. The number of nitrogens with one attached hydrogen (secondary N) is 1. The van der Waals surface area contributed by atoms with E-state index >= 15 is 0 Å². The maximum absolute atomic E-state index is 11.3. The highest BCUT2D eigenvalue weighted by atomic mass is 16.1. The van der Waals surface area contributed by atoms with E-state index in [2.05, 4.69) is 12.2 Å². The predicted octanol–water partition coefficient (Wildman–Crippen LogP) is 1.75. The van der Waals surface area contributed by atoms with Gasteiger partial charge in [-0.25, -0.2) is 0 Å². The van der Waals surface area contributed by atoms with E-state index in [0.717, 1.165) is 38.8 Å². The Bertz CT molecular complexity index is 139. The van der Waals surface area contributed by atoms with E-state index < -0.39 is 0 Å². The first-order valence-electron chi connectivity index (χ1n) is 5.05. The molecule has 0 radical (unpaired) electrons. The van der Waals surface area contributed by atoms with Crippen LogP contribution in [0.25, 0.3) is 0 Å². The van der Waals surface area contributed by atoms with Crippen molar-refractivity contribution in [2.24, 2.45) is 5.92 Å². The number of carbonyl (C=O) groups excluding carboxylic acids is 1. The van der Waals surface area contributed by atoms with Crippen LogP contribution in [-0.2, 0) is 4.79 Å². The van der Waals surface area contributed by atoms with Gasteiger partial charge in [-0.15, -0.1) is 0 Å². The van der Waals surface area contributed by atoms with Gasteiger partial charge in [0.1, 0.15) is 5.78 Å². The molecule has 1 atom stereocenters. The van der Waals surface area contributed by atoms with Crippen LogP contribution in [0.4, 0.5) is 0 Å². The zero-order chi connectivity index (χ0) is 8.81. The number of carbonyl (C=O) groups is 1. The number of hydrogen-bond acceptors (Lipinski definition) is 2. The summed E-state index contributed by atoms with van der Waals surface area (Å²) in [7, 11) is 0. The van der Waals surface area contributed by atoms with Crippen molar-refractivity contribution in [1.29, 1.82) is 0 Å². The molecule has 1 saturated heterocycles. The summed E-state index contributed by atoms with van der Waals surface area (Å²) in [6, 6.07) is 0. The number of Topliss-reactive ketones (excluding diaryl/α,β-unsaturated/α-hetero) is 1. The molecule has 0 amide bonds. The molecule has 1 N–H and O–H groups in total. The maximum Gasteiger partial charge on any atom is 0.133 e. The minimum absolute atomic E-state index is 0.463. The quantitative estimate of drug-likeness (QED) is 0.679. The van der Waals surface area contributed by atoms with E-state index in [0.29, 0.717) is 11.7 Å². The number of unbranched alkanes of at least 4 members (excludes halogenated alkanes) is 1. The number of ketones is 1. The lowest BCUT2D eigenvalue weighted by Gasteiger charge is -2.05. The van der Waals surface area contributed by atoms with Crippen molar-refractivity contribution in [1.82, 2.24) is 5.32 Å². The number of hydrogen-bond donors (Lipinski definition) is 1. The van der Waals surface area contributed by atoms with Crippen molar-refractivity contribution in [3.05, 3.63) is 0 Å². The third-order valence-corrected chi connectivity index (χ3v) is 2.49. The molecule has 1 fully saturated rings. The smallest absolute Gasteiger partial charge is 0.133 e. The second kappa shape index (κ2) is 5.31. The molecule has 70 valence electrons. The fraction of sp³-hybridized carbons (Fsp3) is 0.900. The van der Waals surface area contributed by atoms with Crippen molar-refractivity contribution < 1.29 is 4.79 Å². The molecule has 1 aliphatic rings. The highest BCUT2D eigenvalue weighted by Crippen LogP contribution is 2.14. The first-order chi connectivity index (χ1) is 5.83. The zero-order valence-corrected chi connectivity index (χ0v) is 7.94. The Morgan fingerprint density at radius 3 is 3.00 bits per heavy atom. The molecule has 12 heavy (non-hydrogen) atoms. The van der Waals surface area contributed by atoms with Crippen LogP contribution >= 0.6 is 0 Å². The topological polar surface area (TPSA) is 29.1 Å². The summed E-state index contributed by atoms with van der Waals surface area (Å²) in [4.78, 5) is 11.3. The Morgan fingerprint density at radius 2 is 2.42 bits per heavy atom. The maximum atomic E-state index is 11.3. The van der Waals surface area contributed by atoms with E-state index in [4.69, 9.17) is 0 Å². The fourth-order valence-electron chi connectivity index (χ4n) is 1.69. The summed E-state index contributed by atoms with van der Waals surface area (Å²) in [5, 5.41) is 3.28. The molecular weight excluding hydrogens is 150 g/mol. The monoisotopic (exact) mass is 169 g/mol. The van der Waals surface area contributed by atoms with Crippen LogP contribution in [0.15, 0.2) is 0 Å². The van der Waals surface area contributed by atoms with Gasteiger partial charge in [-0.3, -0.25) is 4.79 Å². The molecule has 0 aromatic heterocycles. The van der Waals surface area contributed by atoms with Crippen molar-refractivity contribution in [2.45, 2.75) is 39.0 Å². The molecule has 1 heterocycles. The largest absolute Gasteiger partial charge is 0.316 e. The van der Waals surface area contributed by atoms with Gasteiger partial charge in [0.15, 0.2) is 0 Å². The summed E-state index contributed by atoms with van der Waals surface area (Å²) < 4.78 is 0. The molecule has 0 saturated carbocycles.